The van der Waals surface area contributed by atoms with Crippen molar-refractivity contribution >= 4 is 11.6 Å². The van der Waals surface area contributed by atoms with Gasteiger partial charge in [0, 0.05) is 0 Å². The van der Waals surface area contributed by atoms with Crippen molar-refractivity contribution in [1.29, 1.82) is 0 Å². The molecular formula is C9H13N3O. The lowest BCUT2D eigenvalue weighted by Gasteiger charge is -2.03. The monoisotopic (exact) mass is 179 g/mol. The summed E-state index contributed by atoms with van der Waals surface area (Å²) in [6.45, 7) is 1.70. The normalized spacial score (nSPS) is 12.2. The van der Waals surface area contributed by atoms with Crippen LogP contribution in [0, 0.1) is 0 Å². The number of guanidine groups is 1. The van der Waals surface area contributed by atoms with Crippen LogP contribution in [0.3, 0.4) is 0 Å². The molecule has 70 valence electrons. The molecular weight excluding hydrogens is 166 g/mol. The van der Waals surface area contributed by atoms with Crippen LogP contribution in [0.15, 0.2) is 29.3 Å². The lowest BCUT2D eigenvalue weighted by molar-refractivity contribution is 0.199. The highest BCUT2D eigenvalue weighted by Crippen LogP contribution is 2.17. The van der Waals surface area contributed by atoms with E-state index in [-0.39, 0.29) is 5.96 Å². The molecule has 0 amide bonds. The predicted molar refractivity (Wildman–Crippen MR) is 52.5 cm³/mol. The molecule has 4 nitrogen and oxygen atoms in total. The summed E-state index contributed by atoms with van der Waals surface area (Å²) in [5, 5.41) is 9.21. The van der Waals surface area contributed by atoms with Gasteiger partial charge in [0.05, 0.1) is 11.8 Å². The second-order valence-corrected chi connectivity index (χ2v) is 2.80. The molecule has 0 aliphatic rings. The van der Waals surface area contributed by atoms with Crippen molar-refractivity contribution in [2.75, 3.05) is 0 Å². The number of benzene rings is 1. The maximum Gasteiger partial charge on any atom is 0.191 e. The summed E-state index contributed by atoms with van der Waals surface area (Å²) in [5.74, 6) is 0.0322. The summed E-state index contributed by atoms with van der Waals surface area (Å²) in [4.78, 5) is 3.85. The summed E-state index contributed by atoms with van der Waals surface area (Å²) >= 11 is 0. The zero-order chi connectivity index (χ0) is 9.84. The summed E-state index contributed by atoms with van der Waals surface area (Å²) < 4.78 is 0. The first-order valence-electron chi connectivity index (χ1n) is 3.97. The number of rotatable bonds is 2. The van der Waals surface area contributed by atoms with Gasteiger partial charge in [0.25, 0.3) is 0 Å². The van der Waals surface area contributed by atoms with Crippen LogP contribution in [-0.2, 0) is 0 Å². The summed E-state index contributed by atoms with van der Waals surface area (Å²) in [6, 6.07) is 7.07. The second kappa shape index (κ2) is 3.91. The molecule has 0 fully saturated rings. The van der Waals surface area contributed by atoms with E-state index in [0.717, 1.165) is 5.56 Å². The Labute approximate surface area is 76.9 Å². The average Bonchev–Trinajstić information content (AvgIpc) is 2.04. The zero-order valence-electron chi connectivity index (χ0n) is 7.44. The van der Waals surface area contributed by atoms with Gasteiger partial charge in [-0.3, -0.25) is 0 Å². The third kappa shape index (κ3) is 2.76. The number of nitrogens with two attached hydrogens (primary N) is 2. The molecule has 5 N–H and O–H groups in total. The molecule has 0 saturated heterocycles. The van der Waals surface area contributed by atoms with Crippen molar-refractivity contribution in [2.24, 2.45) is 16.5 Å². The van der Waals surface area contributed by atoms with Crippen LogP contribution in [-0.4, -0.2) is 11.1 Å². The van der Waals surface area contributed by atoms with Gasteiger partial charge in [0.15, 0.2) is 5.96 Å². The average molecular weight is 179 g/mol. The number of hydrogen-bond acceptors (Lipinski definition) is 2. The van der Waals surface area contributed by atoms with E-state index in [0.29, 0.717) is 5.69 Å². The van der Waals surface area contributed by atoms with Crippen molar-refractivity contribution in [1.82, 2.24) is 0 Å². The Morgan fingerprint density at radius 1 is 1.31 bits per heavy atom. The molecule has 0 spiro atoms. The molecule has 0 aliphatic heterocycles. The summed E-state index contributed by atoms with van der Waals surface area (Å²) in [6.07, 6.45) is -0.465. The van der Waals surface area contributed by atoms with Crippen molar-refractivity contribution in [3.8, 4) is 0 Å². The number of aliphatic hydroxyl groups is 1. The Balaban J connectivity index is 2.88. The van der Waals surface area contributed by atoms with Gasteiger partial charge in [0.1, 0.15) is 0 Å². The third-order valence-corrected chi connectivity index (χ3v) is 1.63. The first kappa shape index (κ1) is 9.54. The minimum absolute atomic E-state index is 0.0322. The number of nitrogens with zero attached hydrogens (tertiary/aromatic N) is 1. The van der Waals surface area contributed by atoms with E-state index in [2.05, 4.69) is 4.99 Å². The molecule has 1 aromatic carbocycles. The second-order valence-electron chi connectivity index (χ2n) is 2.80. The van der Waals surface area contributed by atoms with E-state index in [1.807, 2.05) is 0 Å². The first-order valence-corrected chi connectivity index (χ1v) is 3.97. The maximum absolute atomic E-state index is 9.21. The van der Waals surface area contributed by atoms with Crippen LogP contribution in [0.5, 0.6) is 0 Å². The molecule has 1 unspecified atom stereocenters. The molecule has 4 heteroatoms. The standard InChI is InChI=1S/C9H13N3O/c1-6(13)7-2-4-8(5-3-7)12-9(10)11/h2-6,13H,1H3,(H4,10,11,12). The van der Waals surface area contributed by atoms with Gasteiger partial charge >= 0.3 is 0 Å². The van der Waals surface area contributed by atoms with Gasteiger partial charge in [0.2, 0.25) is 0 Å². The van der Waals surface area contributed by atoms with Gasteiger partial charge < -0.3 is 16.6 Å². The molecule has 0 radical (unpaired) electrons. The fourth-order valence-electron chi connectivity index (χ4n) is 0.976. The van der Waals surface area contributed by atoms with E-state index in [1.165, 1.54) is 0 Å². The number of aliphatic imine (C=N–C) groups is 1. The minimum Gasteiger partial charge on any atom is -0.389 e. The molecule has 0 saturated carbocycles. The van der Waals surface area contributed by atoms with Crippen molar-refractivity contribution in [3.63, 3.8) is 0 Å². The topological polar surface area (TPSA) is 84.6 Å². The van der Waals surface area contributed by atoms with Gasteiger partial charge in [-0.1, -0.05) is 12.1 Å². The third-order valence-electron chi connectivity index (χ3n) is 1.63. The molecule has 1 rings (SSSR count). The van der Waals surface area contributed by atoms with Crippen LogP contribution >= 0.6 is 0 Å². The van der Waals surface area contributed by atoms with E-state index >= 15 is 0 Å². The van der Waals surface area contributed by atoms with Crippen molar-refractivity contribution < 1.29 is 5.11 Å². The molecule has 1 atom stereocenters. The highest BCUT2D eigenvalue weighted by Gasteiger charge is 1.98. The first-order chi connectivity index (χ1) is 6.09. The van der Waals surface area contributed by atoms with Crippen LogP contribution < -0.4 is 11.5 Å². The lowest BCUT2D eigenvalue weighted by Crippen LogP contribution is -2.21. The van der Waals surface area contributed by atoms with Crippen molar-refractivity contribution in [2.45, 2.75) is 13.0 Å². The van der Waals surface area contributed by atoms with Crippen LogP contribution in [0.25, 0.3) is 0 Å². The van der Waals surface area contributed by atoms with E-state index in [4.69, 9.17) is 11.5 Å². The zero-order valence-corrected chi connectivity index (χ0v) is 7.44. The van der Waals surface area contributed by atoms with E-state index in [1.54, 1.807) is 31.2 Å². The Morgan fingerprint density at radius 2 is 1.85 bits per heavy atom. The Bertz CT molecular complexity index is 299. The highest BCUT2D eigenvalue weighted by atomic mass is 16.3. The molecule has 13 heavy (non-hydrogen) atoms. The smallest absolute Gasteiger partial charge is 0.191 e. The molecule has 0 aromatic heterocycles. The highest BCUT2D eigenvalue weighted by molar-refractivity contribution is 5.78. The number of aliphatic hydroxyl groups excluding tert-OH is 1. The molecule has 0 aliphatic carbocycles. The van der Waals surface area contributed by atoms with Crippen LogP contribution in [0.2, 0.25) is 0 Å². The van der Waals surface area contributed by atoms with Gasteiger partial charge in [-0.2, -0.15) is 0 Å². The SMILES string of the molecule is CC(O)c1ccc(N=C(N)N)cc1. The Morgan fingerprint density at radius 3 is 2.23 bits per heavy atom. The van der Waals surface area contributed by atoms with Crippen LogP contribution in [0.4, 0.5) is 5.69 Å². The Kier molecular flexibility index (Phi) is 2.87. The molecule has 1 aromatic rings. The summed E-state index contributed by atoms with van der Waals surface area (Å²) in [5.41, 5.74) is 11.9. The van der Waals surface area contributed by atoms with Gasteiger partial charge in [-0.15, -0.1) is 0 Å². The largest absolute Gasteiger partial charge is 0.389 e. The summed E-state index contributed by atoms with van der Waals surface area (Å²) in [7, 11) is 0. The minimum atomic E-state index is -0.465. The lowest BCUT2D eigenvalue weighted by atomic mass is 10.1. The van der Waals surface area contributed by atoms with Crippen molar-refractivity contribution in [3.05, 3.63) is 29.8 Å². The van der Waals surface area contributed by atoms with E-state index in [9.17, 15) is 5.11 Å². The van der Waals surface area contributed by atoms with Gasteiger partial charge in [-0.05, 0) is 24.6 Å². The molecule has 0 heterocycles. The Hall–Kier alpha value is -1.55. The fourth-order valence-corrected chi connectivity index (χ4v) is 0.976. The van der Waals surface area contributed by atoms with E-state index < -0.39 is 6.10 Å². The predicted octanol–water partition coefficient (Wildman–Crippen LogP) is 0.645. The van der Waals surface area contributed by atoms with Gasteiger partial charge in [-0.25, -0.2) is 4.99 Å². The quantitative estimate of drug-likeness (QED) is 0.460. The number of hydrogen-bond donors (Lipinski definition) is 3. The fraction of sp³-hybridized carbons (Fsp3) is 0.222. The van der Waals surface area contributed by atoms with Crippen LogP contribution in [0.1, 0.15) is 18.6 Å². The maximum atomic E-state index is 9.21. The molecule has 0 bridgehead atoms.